The lowest BCUT2D eigenvalue weighted by Gasteiger charge is -2.20. The number of benzene rings is 1. The van der Waals surface area contributed by atoms with Crippen molar-refractivity contribution in [3.05, 3.63) is 47.2 Å². The summed E-state index contributed by atoms with van der Waals surface area (Å²) in [6, 6.07) is 11.2. The lowest BCUT2D eigenvalue weighted by molar-refractivity contribution is 0.443. The van der Waals surface area contributed by atoms with E-state index in [1.807, 2.05) is 0 Å². The molecule has 0 bridgehead atoms. The zero-order valence-corrected chi connectivity index (χ0v) is 14.3. The van der Waals surface area contributed by atoms with Crippen LogP contribution in [0.3, 0.4) is 0 Å². The molecule has 1 saturated carbocycles. The molecule has 0 spiro atoms. The normalized spacial score (nSPS) is 22.0. The van der Waals surface area contributed by atoms with E-state index in [1.54, 1.807) is 0 Å². The minimum atomic E-state index is 0. The van der Waals surface area contributed by atoms with Crippen molar-refractivity contribution in [1.29, 1.82) is 0 Å². The highest BCUT2D eigenvalue weighted by Gasteiger charge is 2.18. The van der Waals surface area contributed by atoms with Crippen LogP contribution in [-0.4, -0.2) is 18.3 Å². The molecule has 0 radical (unpaired) electrons. The number of rotatable bonds is 3. The first-order chi connectivity index (χ1) is 10.3. The monoisotopic (exact) mass is 318 g/mol. The predicted molar refractivity (Wildman–Crippen MR) is 97.0 cm³/mol. The molecule has 1 aliphatic heterocycles. The van der Waals surface area contributed by atoms with Crippen molar-refractivity contribution in [1.82, 2.24) is 5.32 Å². The molecule has 1 aromatic carbocycles. The maximum atomic E-state index is 5.17. The SMILES string of the molecule is CC(C(=NC1CCCCC1)c1ccccc1)=C1CCCN1.Cl. The predicted octanol–water partition coefficient (Wildman–Crippen LogP) is 4.89. The van der Waals surface area contributed by atoms with Gasteiger partial charge in [-0.2, -0.15) is 0 Å². The van der Waals surface area contributed by atoms with Crippen LogP contribution in [0.2, 0.25) is 0 Å². The van der Waals surface area contributed by atoms with Crippen molar-refractivity contribution in [2.45, 2.75) is 57.9 Å². The second-order valence-electron chi connectivity index (χ2n) is 6.27. The Kier molecular flexibility index (Phi) is 6.50. The summed E-state index contributed by atoms with van der Waals surface area (Å²) < 4.78 is 0. The summed E-state index contributed by atoms with van der Waals surface area (Å²) in [5.41, 5.74) is 5.23. The van der Waals surface area contributed by atoms with Gasteiger partial charge in [-0.1, -0.05) is 49.6 Å². The van der Waals surface area contributed by atoms with Gasteiger partial charge < -0.3 is 5.32 Å². The van der Waals surface area contributed by atoms with Crippen LogP contribution in [-0.2, 0) is 0 Å². The third kappa shape index (κ3) is 4.13. The highest BCUT2D eigenvalue weighted by Crippen LogP contribution is 2.24. The van der Waals surface area contributed by atoms with Gasteiger partial charge in [-0.25, -0.2) is 0 Å². The molecule has 1 aromatic rings. The lowest BCUT2D eigenvalue weighted by Crippen LogP contribution is -2.17. The molecule has 1 aliphatic carbocycles. The third-order valence-electron chi connectivity index (χ3n) is 4.68. The van der Waals surface area contributed by atoms with Gasteiger partial charge >= 0.3 is 0 Å². The van der Waals surface area contributed by atoms with Crippen LogP contribution in [0.1, 0.15) is 57.4 Å². The van der Waals surface area contributed by atoms with E-state index in [0.717, 1.165) is 6.54 Å². The van der Waals surface area contributed by atoms with E-state index in [4.69, 9.17) is 4.99 Å². The zero-order valence-electron chi connectivity index (χ0n) is 13.5. The Hall–Kier alpha value is -1.28. The molecule has 120 valence electrons. The molecule has 0 atom stereocenters. The number of hydrogen-bond acceptors (Lipinski definition) is 2. The fourth-order valence-corrected chi connectivity index (χ4v) is 3.43. The van der Waals surface area contributed by atoms with E-state index in [1.165, 1.54) is 67.5 Å². The van der Waals surface area contributed by atoms with Gasteiger partial charge in [0.2, 0.25) is 0 Å². The maximum Gasteiger partial charge on any atom is 0.0696 e. The van der Waals surface area contributed by atoms with Crippen LogP contribution in [0.4, 0.5) is 0 Å². The first kappa shape index (κ1) is 17.1. The van der Waals surface area contributed by atoms with Gasteiger partial charge in [-0.3, -0.25) is 4.99 Å². The molecule has 22 heavy (non-hydrogen) atoms. The lowest BCUT2D eigenvalue weighted by atomic mass is 9.94. The molecule has 1 saturated heterocycles. The van der Waals surface area contributed by atoms with Crippen LogP contribution in [0.15, 0.2) is 46.6 Å². The third-order valence-corrected chi connectivity index (χ3v) is 4.68. The van der Waals surface area contributed by atoms with Gasteiger partial charge in [0.05, 0.1) is 11.8 Å². The topological polar surface area (TPSA) is 24.4 Å². The molecule has 0 unspecified atom stereocenters. The first-order valence-corrected chi connectivity index (χ1v) is 8.42. The van der Waals surface area contributed by atoms with E-state index in [9.17, 15) is 0 Å². The van der Waals surface area contributed by atoms with Crippen LogP contribution in [0.5, 0.6) is 0 Å². The Labute approximate surface area is 140 Å². The number of aliphatic imine (C=N–C) groups is 1. The van der Waals surface area contributed by atoms with Crippen LogP contribution in [0.25, 0.3) is 0 Å². The van der Waals surface area contributed by atoms with Gasteiger partial charge in [0.1, 0.15) is 0 Å². The van der Waals surface area contributed by atoms with Gasteiger partial charge in [-0.15, -0.1) is 12.4 Å². The standard InChI is InChI=1S/C19H26N2.ClH/c1-15(18-13-8-14-20-18)19(16-9-4-2-5-10-16)21-17-11-6-3-7-12-17;/h2,4-5,9-10,17,20H,3,6-8,11-14H2,1H3;1H. The largest absolute Gasteiger partial charge is 0.388 e. The zero-order chi connectivity index (χ0) is 14.5. The Morgan fingerprint density at radius 1 is 1.05 bits per heavy atom. The molecule has 2 nitrogen and oxygen atoms in total. The quantitative estimate of drug-likeness (QED) is 0.789. The van der Waals surface area contributed by atoms with Gasteiger partial charge in [0.15, 0.2) is 0 Å². The maximum absolute atomic E-state index is 5.17. The minimum Gasteiger partial charge on any atom is -0.388 e. The highest BCUT2D eigenvalue weighted by atomic mass is 35.5. The van der Waals surface area contributed by atoms with E-state index in [-0.39, 0.29) is 12.4 Å². The highest BCUT2D eigenvalue weighted by molar-refractivity contribution is 6.12. The number of nitrogens with one attached hydrogen (secondary N) is 1. The second-order valence-corrected chi connectivity index (χ2v) is 6.27. The first-order valence-electron chi connectivity index (χ1n) is 8.42. The fourth-order valence-electron chi connectivity index (χ4n) is 3.43. The molecule has 0 amide bonds. The molecule has 1 N–H and O–H groups in total. The summed E-state index contributed by atoms with van der Waals surface area (Å²) in [4.78, 5) is 5.17. The van der Waals surface area contributed by atoms with E-state index < -0.39 is 0 Å². The van der Waals surface area contributed by atoms with Crippen molar-refractivity contribution >= 4 is 18.1 Å². The summed E-state index contributed by atoms with van der Waals surface area (Å²) >= 11 is 0. The van der Waals surface area contributed by atoms with Crippen LogP contribution in [0, 0.1) is 0 Å². The van der Waals surface area contributed by atoms with Gasteiger partial charge in [-0.05, 0) is 43.7 Å². The Bertz CT molecular complexity index is 520. The molecule has 1 heterocycles. The van der Waals surface area contributed by atoms with Crippen molar-refractivity contribution in [3.63, 3.8) is 0 Å². The van der Waals surface area contributed by atoms with Crippen molar-refractivity contribution in [2.24, 2.45) is 4.99 Å². The van der Waals surface area contributed by atoms with Crippen molar-refractivity contribution in [2.75, 3.05) is 6.54 Å². The number of nitrogens with zero attached hydrogens (tertiary/aromatic N) is 1. The fraction of sp³-hybridized carbons (Fsp3) is 0.526. The van der Waals surface area contributed by atoms with Crippen molar-refractivity contribution in [3.8, 4) is 0 Å². The van der Waals surface area contributed by atoms with E-state index in [2.05, 4.69) is 42.6 Å². The summed E-state index contributed by atoms with van der Waals surface area (Å²) in [6.45, 7) is 3.35. The van der Waals surface area contributed by atoms with Gasteiger partial charge in [0, 0.05) is 12.2 Å². The average Bonchev–Trinajstić information content (AvgIpc) is 3.08. The number of halogens is 1. The molecule has 3 heteroatoms. The Balaban J connectivity index is 0.00000176. The van der Waals surface area contributed by atoms with Gasteiger partial charge in [0.25, 0.3) is 0 Å². The second kappa shape index (κ2) is 8.38. The molecule has 0 aromatic heterocycles. The summed E-state index contributed by atoms with van der Waals surface area (Å²) in [7, 11) is 0. The number of allylic oxidation sites excluding steroid dienone is 2. The van der Waals surface area contributed by atoms with Crippen LogP contribution >= 0.6 is 12.4 Å². The van der Waals surface area contributed by atoms with E-state index in [0.29, 0.717) is 6.04 Å². The minimum absolute atomic E-state index is 0. The summed E-state index contributed by atoms with van der Waals surface area (Å²) in [5, 5.41) is 3.54. The smallest absolute Gasteiger partial charge is 0.0696 e. The number of hydrogen-bond donors (Lipinski definition) is 1. The van der Waals surface area contributed by atoms with E-state index >= 15 is 0 Å². The molecule has 2 aliphatic rings. The molecule has 2 fully saturated rings. The molecular weight excluding hydrogens is 292 g/mol. The summed E-state index contributed by atoms with van der Waals surface area (Å²) in [6.07, 6.45) is 8.99. The van der Waals surface area contributed by atoms with Crippen LogP contribution < -0.4 is 5.32 Å². The van der Waals surface area contributed by atoms with Crippen molar-refractivity contribution < 1.29 is 0 Å². The average molecular weight is 319 g/mol. The summed E-state index contributed by atoms with van der Waals surface area (Å²) in [5.74, 6) is 0. The Morgan fingerprint density at radius 2 is 1.77 bits per heavy atom. The molecule has 3 rings (SSSR count). The molecular formula is C19H27ClN2. The Morgan fingerprint density at radius 3 is 2.41 bits per heavy atom.